The molecule has 0 unspecified atom stereocenters. The Bertz CT molecular complexity index is 1510. The summed E-state index contributed by atoms with van der Waals surface area (Å²) >= 11 is 0. The van der Waals surface area contributed by atoms with Crippen LogP contribution in [-0.4, -0.2) is 65.9 Å². The van der Waals surface area contributed by atoms with Crippen molar-refractivity contribution in [1.29, 1.82) is 0 Å². The van der Waals surface area contributed by atoms with E-state index < -0.39 is 23.4 Å². The Balaban J connectivity index is 1.51. The van der Waals surface area contributed by atoms with Crippen LogP contribution in [0, 0.1) is 6.92 Å². The highest BCUT2D eigenvalue weighted by Crippen LogP contribution is 2.24. The fourth-order valence-corrected chi connectivity index (χ4v) is 5.42. The van der Waals surface area contributed by atoms with Gasteiger partial charge in [-0.15, -0.1) is 0 Å². The molecule has 0 saturated heterocycles. The number of hydrogen-bond acceptors (Lipinski definition) is 9. The Kier molecular flexibility index (Phi) is 16.2. The standard InChI is InChI=1S/C39H59N7O6/c1-28-20-21-30-26-42-33(40)43-35(47)46(24-16-19-29-17-12-13-18-31(29)27-50-32(30)25-28)23-15-11-9-8-10-14-22-41-34(44-36(48)51-38(2,3)4)45-37(49)52-39(5,6)7/h12-13,17-18,20-21,25H,8-11,14-16,19,22-24,26-27H2,1-7H3,(H3,40,42,43,47)(H2,41,44,45,48,49). The Morgan fingerprint density at radius 3 is 2.17 bits per heavy atom. The highest BCUT2D eigenvalue weighted by molar-refractivity contribution is 6.01. The maximum atomic E-state index is 13.3. The number of amides is 4. The molecule has 0 saturated carbocycles. The molecule has 13 nitrogen and oxygen atoms in total. The number of unbranched alkanes of at least 4 members (excludes halogenated alkanes) is 5. The number of carbonyl (C=O) groups excluding carboxylic acids is 3. The lowest BCUT2D eigenvalue weighted by atomic mass is 10.0. The van der Waals surface area contributed by atoms with Crippen LogP contribution in [0.15, 0.2) is 52.4 Å². The fourth-order valence-electron chi connectivity index (χ4n) is 5.42. The molecule has 52 heavy (non-hydrogen) atoms. The lowest BCUT2D eigenvalue weighted by Gasteiger charge is -2.23. The minimum absolute atomic E-state index is 0.0167. The minimum Gasteiger partial charge on any atom is -0.489 e. The van der Waals surface area contributed by atoms with Crippen molar-refractivity contribution in [2.45, 2.75) is 124 Å². The van der Waals surface area contributed by atoms with Crippen molar-refractivity contribution in [2.24, 2.45) is 15.7 Å². The number of aliphatic imine (C=N–C) groups is 2. The quantitative estimate of drug-likeness (QED) is 0.122. The van der Waals surface area contributed by atoms with Crippen molar-refractivity contribution in [3.05, 3.63) is 64.7 Å². The van der Waals surface area contributed by atoms with E-state index in [0.717, 1.165) is 73.8 Å². The highest BCUT2D eigenvalue weighted by atomic mass is 16.6. The second kappa shape index (κ2) is 20.3. The van der Waals surface area contributed by atoms with Gasteiger partial charge in [0.1, 0.15) is 23.6 Å². The Hall–Kier alpha value is -4.81. The van der Waals surface area contributed by atoms with Gasteiger partial charge in [-0.25, -0.2) is 19.4 Å². The SMILES string of the molecule is Cc1ccc2c(c1)OCc1ccccc1CCCN(CCCCCCCCN=C(NC(=O)OC(C)(C)C)NC(=O)OC(C)(C)C)C(=O)NC(N)=NC2. The summed E-state index contributed by atoms with van der Waals surface area (Å²) in [5.41, 5.74) is 9.08. The number of nitrogens with one attached hydrogen (secondary N) is 3. The zero-order valence-corrected chi connectivity index (χ0v) is 32.1. The summed E-state index contributed by atoms with van der Waals surface area (Å²) in [5, 5.41) is 7.80. The first-order chi connectivity index (χ1) is 24.6. The molecular weight excluding hydrogens is 662 g/mol. The average Bonchev–Trinajstić information content (AvgIpc) is 3.03. The molecule has 2 aromatic carbocycles. The van der Waals surface area contributed by atoms with Crippen LogP contribution in [0.5, 0.6) is 5.75 Å². The maximum Gasteiger partial charge on any atom is 0.414 e. The zero-order valence-electron chi connectivity index (χ0n) is 32.1. The number of rotatable bonds is 9. The van der Waals surface area contributed by atoms with Crippen LogP contribution >= 0.6 is 0 Å². The normalized spacial score (nSPS) is 14.2. The van der Waals surface area contributed by atoms with Crippen molar-refractivity contribution in [3.8, 4) is 5.75 Å². The molecule has 5 N–H and O–H groups in total. The van der Waals surface area contributed by atoms with Crippen molar-refractivity contribution in [1.82, 2.24) is 20.9 Å². The van der Waals surface area contributed by atoms with Crippen LogP contribution in [0.3, 0.4) is 0 Å². The predicted molar refractivity (Wildman–Crippen MR) is 204 cm³/mol. The highest BCUT2D eigenvalue weighted by Gasteiger charge is 2.21. The molecule has 1 aliphatic rings. The molecule has 4 amide bonds. The number of ether oxygens (including phenoxy) is 3. The van der Waals surface area contributed by atoms with Gasteiger partial charge in [-0.2, -0.15) is 0 Å². The third-order valence-corrected chi connectivity index (χ3v) is 7.89. The first-order valence-corrected chi connectivity index (χ1v) is 18.3. The Morgan fingerprint density at radius 2 is 1.52 bits per heavy atom. The molecule has 1 aliphatic heterocycles. The van der Waals surface area contributed by atoms with Crippen LogP contribution in [0.25, 0.3) is 0 Å². The van der Waals surface area contributed by atoms with Crippen LogP contribution in [0.1, 0.15) is 109 Å². The molecule has 0 atom stereocenters. The summed E-state index contributed by atoms with van der Waals surface area (Å²) in [6.45, 7) is 14.9. The van der Waals surface area contributed by atoms with Crippen LogP contribution in [0.4, 0.5) is 14.4 Å². The third-order valence-electron chi connectivity index (χ3n) is 7.89. The van der Waals surface area contributed by atoms with Gasteiger partial charge in [0.25, 0.3) is 0 Å². The minimum atomic E-state index is -0.718. The summed E-state index contributed by atoms with van der Waals surface area (Å²) in [5.74, 6) is 0.821. The van der Waals surface area contributed by atoms with E-state index in [1.165, 1.54) is 5.56 Å². The Morgan fingerprint density at radius 1 is 0.904 bits per heavy atom. The van der Waals surface area contributed by atoms with Crippen molar-refractivity contribution in [2.75, 3.05) is 19.6 Å². The summed E-state index contributed by atoms with van der Waals surface area (Å²) in [6, 6.07) is 14.0. The zero-order chi connectivity index (χ0) is 38.1. The number of benzene rings is 2. The predicted octanol–water partition coefficient (Wildman–Crippen LogP) is 7.09. The van der Waals surface area contributed by atoms with E-state index in [1.807, 2.05) is 42.2 Å². The van der Waals surface area contributed by atoms with Gasteiger partial charge in [0.05, 0.1) is 6.54 Å². The van der Waals surface area contributed by atoms with Crippen molar-refractivity contribution >= 4 is 30.1 Å². The molecule has 286 valence electrons. The van der Waals surface area contributed by atoms with E-state index in [0.29, 0.717) is 26.2 Å². The number of alkyl carbamates (subject to hydrolysis) is 2. The average molecular weight is 722 g/mol. The molecular formula is C39H59N7O6. The van der Waals surface area contributed by atoms with Gasteiger partial charge in [0.2, 0.25) is 5.96 Å². The number of urea groups is 1. The molecule has 0 spiro atoms. The van der Waals surface area contributed by atoms with Gasteiger partial charge in [0, 0.05) is 25.2 Å². The summed E-state index contributed by atoms with van der Waals surface area (Å²) in [4.78, 5) is 48.6. The molecule has 0 bridgehead atoms. The third kappa shape index (κ3) is 16.5. The van der Waals surface area contributed by atoms with Crippen LogP contribution in [-0.2, 0) is 29.0 Å². The second-order valence-electron chi connectivity index (χ2n) is 15.0. The lowest BCUT2D eigenvalue weighted by molar-refractivity contribution is 0.0545. The topological polar surface area (TPSA) is 169 Å². The van der Waals surface area contributed by atoms with E-state index in [-0.39, 0.29) is 24.5 Å². The molecule has 3 rings (SSSR count). The smallest absolute Gasteiger partial charge is 0.414 e. The largest absolute Gasteiger partial charge is 0.489 e. The first kappa shape index (κ1) is 41.6. The lowest BCUT2D eigenvalue weighted by Crippen LogP contribution is -2.47. The van der Waals surface area contributed by atoms with E-state index in [2.05, 4.69) is 38.1 Å². The fraction of sp³-hybridized carbons (Fsp3) is 0.564. The number of guanidine groups is 2. The van der Waals surface area contributed by atoms with Crippen molar-refractivity contribution < 1.29 is 28.6 Å². The van der Waals surface area contributed by atoms with Crippen LogP contribution in [0.2, 0.25) is 0 Å². The number of nitrogens with zero attached hydrogens (tertiary/aromatic N) is 3. The van der Waals surface area contributed by atoms with Gasteiger partial charge < -0.3 is 24.8 Å². The molecule has 0 aromatic heterocycles. The molecule has 13 heteroatoms. The maximum absolute atomic E-state index is 13.3. The number of hydrogen-bond donors (Lipinski definition) is 4. The van der Waals surface area contributed by atoms with E-state index in [1.54, 1.807) is 41.5 Å². The molecule has 0 aliphatic carbocycles. The molecule has 0 fully saturated rings. The monoisotopic (exact) mass is 721 g/mol. The summed E-state index contributed by atoms with van der Waals surface area (Å²) < 4.78 is 16.9. The van der Waals surface area contributed by atoms with E-state index >= 15 is 0 Å². The number of nitrogens with two attached hydrogens (primary N) is 1. The molecule has 1 heterocycles. The van der Waals surface area contributed by atoms with Gasteiger partial charge in [-0.1, -0.05) is 62.1 Å². The summed E-state index contributed by atoms with van der Waals surface area (Å²) in [7, 11) is 0. The number of fused-ring (bicyclic) bond motifs is 2. The Labute approximate surface area is 309 Å². The first-order valence-electron chi connectivity index (χ1n) is 18.3. The van der Waals surface area contributed by atoms with Gasteiger partial charge in [-0.05, 0) is 96.9 Å². The number of aryl methyl sites for hydroxylation is 2. The van der Waals surface area contributed by atoms with Gasteiger partial charge >= 0.3 is 18.2 Å². The second-order valence-corrected chi connectivity index (χ2v) is 15.0. The van der Waals surface area contributed by atoms with Crippen molar-refractivity contribution in [3.63, 3.8) is 0 Å². The number of carbonyl (C=O) groups is 3. The van der Waals surface area contributed by atoms with Crippen LogP contribution < -0.4 is 26.4 Å². The molecule has 2 aromatic rings. The van der Waals surface area contributed by atoms with E-state index in [9.17, 15) is 14.4 Å². The molecule has 0 radical (unpaired) electrons. The van der Waals surface area contributed by atoms with E-state index in [4.69, 9.17) is 19.9 Å². The van der Waals surface area contributed by atoms with Gasteiger partial charge in [0.15, 0.2) is 5.96 Å². The summed E-state index contributed by atoms with van der Waals surface area (Å²) in [6.07, 6.45) is 5.64. The van der Waals surface area contributed by atoms with Gasteiger partial charge in [-0.3, -0.25) is 20.9 Å².